The zero-order valence-electron chi connectivity index (χ0n) is 22.1. The number of esters is 1. The number of alkyl halides is 2. The second kappa shape index (κ2) is 9.28. The molecule has 0 saturated carbocycles. The van der Waals surface area contributed by atoms with E-state index in [0.717, 1.165) is 4.90 Å². The van der Waals surface area contributed by atoms with Gasteiger partial charge in [0.15, 0.2) is 6.10 Å². The number of ether oxygens (including phenoxy) is 1. The van der Waals surface area contributed by atoms with Crippen LogP contribution < -0.4 is 0 Å². The first kappa shape index (κ1) is 26.7. The summed E-state index contributed by atoms with van der Waals surface area (Å²) in [5.41, 5.74) is 3.12. The fourth-order valence-corrected chi connectivity index (χ4v) is 7.87. The van der Waals surface area contributed by atoms with E-state index in [1.165, 1.54) is 6.92 Å². The Morgan fingerprint density at radius 2 is 1.12 bits per heavy atom. The van der Waals surface area contributed by atoms with E-state index in [4.69, 9.17) is 27.9 Å². The van der Waals surface area contributed by atoms with Crippen LogP contribution in [-0.4, -0.2) is 40.6 Å². The molecule has 4 atom stereocenters. The maximum Gasteiger partial charge on any atom is 0.330 e. The van der Waals surface area contributed by atoms with Gasteiger partial charge in [-0.1, -0.05) is 92.7 Å². The van der Waals surface area contributed by atoms with Crippen molar-refractivity contribution in [2.45, 2.75) is 42.7 Å². The van der Waals surface area contributed by atoms with Gasteiger partial charge in [-0.25, -0.2) is 4.79 Å². The number of Topliss-reactive ketones (excluding diaryl/α,β-unsaturated/α-hetero) is 1. The summed E-state index contributed by atoms with van der Waals surface area (Å²) in [6.45, 7) is 4.93. The molecule has 40 heavy (non-hydrogen) atoms. The predicted octanol–water partition coefficient (Wildman–Crippen LogP) is 5.42. The number of likely N-dealkylation sites (tertiary alicyclic amines) is 1. The van der Waals surface area contributed by atoms with Crippen LogP contribution in [0.25, 0.3) is 0 Å². The maximum absolute atomic E-state index is 14.3. The molecule has 6 nitrogen and oxygen atoms in total. The smallest absolute Gasteiger partial charge is 0.330 e. The van der Waals surface area contributed by atoms with E-state index >= 15 is 0 Å². The van der Waals surface area contributed by atoms with E-state index in [9.17, 15) is 19.2 Å². The van der Waals surface area contributed by atoms with E-state index in [-0.39, 0.29) is 5.78 Å². The van der Waals surface area contributed by atoms with Crippen LogP contribution in [0.2, 0.25) is 0 Å². The zero-order chi connectivity index (χ0) is 28.6. The number of rotatable bonds is 6. The third-order valence-electron chi connectivity index (χ3n) is 8.49. The molecular formula is C32H27Cl2NO5. The molecule has 1 heterocycles. The Hall–Kier alpha value is -3.48. The molecule has 0 aromatic heterocycles. The number of carbonyl (C=O) groups excluding carboxylic acids is 4. The van der Waals surface area contributed by atoms with Gasteiger partial charge in [0.2, 0.25) is 17.6 Å². The summed E-state index contributed by atoms with van der Waals surface area (Å²) >= 11 is 15.0. The number of imide groups is 1. The number of halogens is 2. The molecule has 7 rings (SSSR count). The van der Waals surface area contributed by atoms with Gasteiger partial charge in [0.05, 0.1) is 11.8 Å². The van der Waals surface area contributed by atoms with Crippen LogP contribution in [0.15, 0.2) is 78.9 Å². The lowest BCUT2D eigenvalue weighted by atomic mass is 9.54. The number of benzene rings is 3. The average molecular weight is 576 g/mol. The van der Waals surface area contributed by atoms with Gasteiger partial charge in [-0.3, -0.25) is 19.3 Å². The van der Waals surface area contributed by atoms with Crippen molar-refractivity contribution < 1.29 is 23.9 Å². The van der Waals surface area contributed by atoms with Gasteiger partial charge in [0.25, 0.3) is 0 Å². The van der Waals surface area contributed by atoms with Gasteiger partial charge < -0.3 is 4.74 Å². The van der Waals surface area contributed by atoms with E-state index in [1.807, 2.05) is 48.5 Å². The fraction of sp³-hybridized carbons (Fsp3) is 0.312. The second-order valence-electron chi connectivity index (χ2n) is 11.0. The van der Waals surface area contributed by atoms with Gasteiger partial charge in [0, 0.05) is 5.56 Å². The molecule has 3 aromatic rings. The summed E-state index contributed by atoms with van der Waals surface area (Å²) in [6.07, 6.45) is -1.12. The van der Waals surface area contributed by atoms with E-state index in [1.54, 1.807) is 44.2 Å². The van der Waals surface area contributed by atoms with Gasteiger partial charge in [-0.05, 0) is 35.1 Å². The maximum atomic E-state index is 14.3. The molecule has 0 unspecified atom stereocenters. The van der Waals surface area contributed by atoms with Crippen LogP contribution in [-0.2, 0) is 28.9 Å². The predicted molar refractivity (Wildman–Crippen MR) is 150 cm³/mol. The van der Waals surface area contributed by atoms with E-state index in [0.29, 0.717) is 27.8 Å². The molecular weight excluding hydrogens is 549 g/mol. The molecule has 4 aliphatic rings. The van der Waals surface area contributed by atoms with Crippen LogP contribution in [0.1, 0.15) is 53.4 Å². The van der Waals surface area contributed by atoms with Crippen molar-refractivity contribution in [2.24, 2.45) is 17.8 Å². The van der Waals surface area contributed by atoms with Crippen molar-refractivity contribution in [3.63, 3.8) is 0 Å². The molecule has 204 valence electrons. The summed E-state index contributed by atoms with van der Waals surface area (Å²) in [5, 5.41) is 0. The molecule has 3 aliphatic carbocycles. The number of nitrogens with zero attached hydrogens (tertiary/aromatic N) is 1. The quantitative estimate of drug-likeness (QED) is 0.170. The Balaban J connectivity index is 1.41. The lowest BCUT2D eigenvalue weighted by Gasteiger charge is -2.54. The first-order valence-electron chi connectivity index (χ1n) is 13.3. The number of hydrogen-bond acceptors (Lipinski definition) is 5. The molecule has 2 bridgehead atoms. The van der Waals surface area contributed by atoms with Gasteiger partial charge >= 0.3 is 5.97 Å². The minimum Gasteiger partial charge on any atom is -0.453 e. The first-order valence-corrected chi connectivity index (χ1v) is 14.0. The molecule has 2 amide bonds. The lowest BCUT2D eigenvalue weighted by Crippen LogP contribution is -2.57. The molecule has 0 N–H and O–H groups in total. The van der Waals surface area contributed by atoms with Crippen LogP contribution in [0.5, 0.6) is 0 Å². The zero-order valence-corrected chi connectivity index (χ0v) is 23.6. The van der Waals surface area contributed by atoms with Crippen LogP contribution in [0.4, 0.5) is 0 Å². The van der Waals surface area contributed by atoms with Crippen molar-refractivity contribution in [1.82, 2.24) is 4.90 Å². The highest BCUT2D eigenvalue weighted by atomic mass is 35.5. The topological polar surface area (TPSA) is 80.8 Å². The molecule has 1 fully saturated rings. The highest BCUT2D eigenvalue weighted by Crippen LogP contribution is 2.69. The molecule has 0 spiro atoms. The summed E-state index contributed by atoms with van der Waals surface area (Å²) in [6, 6.07) is 21.9. The Morgan fingerprint density at radius 1 is 0.725 bits per heavy atom. The number of carbonyl (C=O) groups is 4. The molecule has 8 heteroatoms. The SMILES string of the molecule is CC(C)[C@@H](C(=O)O[C@@H](C)C(=O)c1ccccc1)N1C(=O)[C@@H]2[C@@H](C1=O)C1(Cl)c3ccccc3C2(Cl)c2ccccc21. The minimum absolute atomic E-state index is 0.382. The van der Waals surface area contributed by atoms with Crippen LogP contribution >= 0.6 is 23.2 Å². The second-order valence-corrected chi connectivity index (χ2v) is 12.2. The van der Waals surface area contributed by atoms with Crippen LogP contribution in [0.3, 0.4) is 0 Å². The van der Waals surface area contributed by atoms with Crippen LogP contribution in [0, 0.1) is 17.8 Å². The highest BCUT2D eigenvalue weighted by molar-refractivity contribution is 6.36. The van der Waals surface area contributed by atoms with Crippen molar-refractivity contribution >= 4 is 46.8 Å². The van der Waals surface area contributed by atoms with Gasteiger partial charge in [-0.2, -0.15) is 0 Å². The summed E-state index contributed by atoms with van der Waals surface area (Å²) in [7, 11) is 0. The minimum atomic E-state index is -1.35. The lowest BCUT2D eigenvalue weighted by molar-refractivity contribution is -0.162. The monoisotopic (exact) mass is 575 g/mol. The normalized spacial score (nSPS) is 27.6. The third kappa shape index (κ3) is 3.42. The molecule has 1 saturated heterocycles. The molecule has 3 aromatic carbocycles. The van der Waals surface area contributed by atoms with Gasteiger partial charge in [0.1, 0.15) is 15.8 Å². The van der Waals surface area contributed by atoms with Crippen molar-refractivity contribution in [3.05, 3.63) is 107 Å². The Morgan fingerprint density at radius 3 is 1.52 bits per heavy atom. The fourth-order valence-electron chi connectivity index (χ4n) is 6.77. The average Bonchev–Trinajstić information content (AvgIpc) is 3.22. The molecule has 0 radical (unpaired) electrons. The Labute approximate surface area is 242 Å². The largest absolute Gasteiger partial charge is 0.453 e. The van der Waals surface area contributed by atoms with Gasteiger partial charge in [-0.15, -0.1) is 23.2 Å². The van der Waals surface area contributed by atoms with E-state index < -0.39 is 57.4 Å². The Bertz CT molecular complexity index is 1450. The number of ketones is 1. The van der Waals surface area contributed by atoms with Crippen molar-refractivity contribution in [1.29, 1.82) is 0 Å². The summed E-state index contributed by atoms with van der Waals surface area (Å²) in [5.74, 6) is -4.91. The Kier molecular flexibility index (Phi) is 6.20. The number of amides is 2. The standard InChI is InChI=1S/C32H27Cl2NO5/c1-17(2)26(30(39)40-18(3)27(36)19-11-5-4-6-12-19)35-28(37)24-25(29(35)38)32(34)21-14-8-7-13-20(21)31(24,33)22-15-9-10-16-23(22)32/h4-18,24-26H,1-3H3/t18-,24-,25-,26-,31?,32?/m0/s1. The van der Waals surface area contributed by atoms with E-state index in [2.05, 4.69) is 0 Å². The number of hydrogen-bond donors (Lipinski definition) is 0. The highest BCUT2D eigenvalue weighted by Gasteiger charge is 2.74. The first-order chi connectivity index (χ1) is 19.0. The third-order valence-corrected chi connectivity index (χ3v) is 9.78. The van der Waals surface area contributed by atoms with Crippen molar-refractivity contribution in [3.8, 4) is 0 Å². The van der Waals surface area contributed by atoms with Crippen molar-refractivity contribution in [2.75, 3.05) is 0 Å². The summed E-state index contributed by atoms with van der Waals surface area (Å²) < 4.78 is 5.60. The summed E-state index contributed by atoms with van der Waals surface area (Å²) in [4.78, 5) is 53.4. The molecule has 1 aliphatic heterocycles.